The van der Waals surface area contributed by atoms with Crippen LogP contribution in [-0.4, -0.2) is 38.2 Å². The van der Waals surface area contributed by atoms with Crippen molar-refractivity contribution in [2.24, 2.45) is 10.7 Å². The Hall–Kier alpha value is -3.22. The van der Waals surface area contributed by atoms with Crippen LogP contribution in [-0.2, 0) is 6.54 Å². The fourth-order valence-corrected chi connectivity index (χ4v) is 2.52. The van der Waals surface area contributed by atoms with E-state index >= 15 is 0 Å². The summed E-state index contributed by atoms with van der Waals surface area (Å²) < 4.78 is 11.1. The second kappa shape index (κ2) is 10.8. The van der Waals surface area contributed by atoms with E-state index < -0.39 is 5.91 Å². The lowest BCUT2D eigenvalue weighted by molar-refractivity contribution is 0.1000. The summed E-state index contributed by atoms with van der Waals surface area (Å²) in [6.07, 6.45) is -0.0749. The van der Waals surface area contributed by atoms with E-state index in [1.54, 1.807) is 25.3 Å². The Balaban J connectivity index is 1.93. The van der Waals surface area contributed by atoms with Crippen molar-refractivity contribution in [1.29, 1.82) is 0 Å². The molecular formula is C21H28N4O3. The summed E-state index contributed by atoms with van der Waals surface area (Å²) in [5.41, 5.74) is 6.72. The molecule has 0 saturated carbocycles. The van der Waals surface area contributed by atoms with Crippen molar-refractivity contribution < 1.29 is 14.3 Å². The Labute approximate surface area is 165 Å². The maximum atomic E-state index is 11.3. The van der Waals surface area contributed by atoms with Crippen molar-refractivity contribution in [2.45, 2.75) is 26.5 Å². The number of carbonyl (C=O) groups excluding carboxylic acids is 1. The highest BCUT2D eigenvalue weighted by molar-refractivity contribution is 5.92. The number of nitrogens with zero attached hydrogens (tertiary/aromatic N) is 1. The summed E-state index contributed by atoms with van der Waals surface area (Å²) in [6.45, 7) is 5.72. The second-order valence-electron chi connectivity index (χ2n) is 6.25. The summed E-state index contributed by atoms with van der Waals surface area (Å²) >= 11 is 0. The molecule has 2 rings (SSSR count). The zero-order valence-corrected chi connectivity index (χ0v) is 16.6. The SMILES string of the molecule is CCNC(=NCc1cccc(C(N)=O)c1)NCC(C)Oc1cccc(OC)c1. The van der Waals surface area contributed by atoms with Gasteiger partial charge in [0, 0.05) is 18.2 Å². The lowest BCUT2D eigenvalue weighted by atomic mass is 10.1. The standard InChI is InChI=1S/C21H28N4O3/c1-4-23-21(25-14-16-7-5-8-17(11-16)20(22)26)24-13-15(2)28-19-10-6-9-18(12-19)27-3/h5-12,15H,4,13-14H2,1-3H3,(H2,22,26)(H2,23,24,25). The number of amides is 1. The Morgan fingerprint density at radius 1 is 1.14 bits per heavy atom. The molecule has 0 radical (unpaired) electrons. The molecule has 0 aliphatic carbocycles. The monoisotopic (exact) mass is 384 g/mol. The molecule has 0 heterocycles. The molecular weight excluding hydrogens is 356 g/mol. The summed E-state index contributed by atoms with van der Waals surface area (Å²) in [4.78, 5) is 15.9. The third-order valence-electron chi connectivity index (χ3n) is 3.91. The van der Waals surface area contributed by atoms with Gasteiger partial charge in [-0.2, -0.15) is 0 Å². The van der Waals surface area contributed by atoms with Crippen molar-refractivity contribution in [3.05, 3.63) is 59.7 Å². The molecule has 0 spiro atoms. The number of aliphatic imine (C=N–C) groups is 1. The molecule has 0 fully saturated rings. The Kier molecular flexibility index (Phi) is 8.14. The first-order chi connectivity index (χ1) is 13.5. The maximum absolute atomic E-state index is 11.3. The van der Waals surface area contributed by atoms with Gasteiger partial charge in [-0.05, 0) is 43.7 Å². The minimum Gasteiger partial charge on any atom is -0.497 e. The zero-order chi connectivity index (χ0) is 20.4. The molecule has 2 aromatic carbocycles. The molecule has 4 N–H and O–H groups in total. The highest BCUT2D eigenvalue weighted by Gasteiger charge is 2.07. The van der Waals surface area contributed by atoms with Gasteiger partial charge >= 0.3 is 0 Å². The summed E-state index contributed by atoms with van der Waals surface area (Å²) in [5, 5.41) is 6.47. The Morgan fingerprint density at radius 3 is 2.61 bits per heavy atom. The quantitative estimate of drug-likeness (QED) is 0.455. The number of ether oxygens (including phenoxy) is 2. The summed E-state index contributed by atoms with van der Waals surface area (Å²) in [5.74, 6) is 1.73. The van der Waals surface area contributed by atoms with Crippen LogP contribution in [0.2, 0.25) is 0 Å². The maximum Gasteiger partial charge on any atom is 0.248 e. The van der Waals surface area contributed by atoms with E-state index in [9.17, 15) is 4.79 Å². The molecule has 150 valence electrons. The van der Waals surface area contributed by atoms with Crippen LogP contribution in [0.1, 0.15) is 29.8 Å². The minimum absolute atomic E-state index is 0.0749. The van der Waals surface area contributed by atoms with Gasteiger partial charge < -0.3 is 25.8 Å². The fourth-order valence-electron chi connectivity index (χ4n) is 2.52. The van der Waals surface area contributed by atoms with Crippen LogP contribution in [0.5, 0.6) is 11.5 Å². The number of benzene rings is 2. The first-order valence-corrected chi connectivity index (χ1v) is 9.23. The van der Waals surface area contributed by atoms with Gasteiger partial charge in [-0.25, -0.2) is 4.99 Å². The molecule has 0 aliphatic heterocycles. The fraction of sp³-hybridized carbons (Fsp3) is 0.333. The van der Waals surface area contributed by atoms with Crippen LogP contribution in [0.15, 0.2) is 53.5 Å². The molecule has 1 amide bonds. The number of guanidine groups is 1. The topological polar surface area (TPSA) is 98.0 Å². The van der Waals surface area contributed by atoms with Crippen molar-refractivity contribution >= 4 is 11.9 Å². The second-order valence-corrected chi connectivity index (χ2v) is 6.25. The van der Waals surface area contributed by atoms with Gasteiger partial charge in [-0.15, -0.1) is 0 Å². The van der Waals surface area contributed by atoms with E-state index in [0.29, 0.717) is 24.6 Å². The zero-order valence-electron chi connectivity index (χ0n) is 16.6. The summed E-state index contributed by atoms with van der Waals surface area (Å²) in [6, 6.07) is 14.7. The highest BCUT2D eigenvalue weighted by Crippen LogP contribution is 2.19. The molecule has 0 aliphatic rings. The molecule has 0 saturated heterocycles. The number of carbonyl (C=O) groups is 1. The number of nitrogens with one attached hydrogen (secondary N) is 2. The highest BCUT2D eigenvalue weighted by atomic mass is 16.5. The number of methoxy groups -OCH3 is 1. The first kappa shape index (κ1) is 21.1. The Morgan fingerprint density at radius 2 is 1.89 bits per heavy atom. The normalized spacial score (nSPS) is 12.2. The van der Waals surface area contributed by atoms with Gasteiger partial charge in [0.15, 0.2) is 5.96 Å². The molecule has 7 nitrogen and oxygen atoms in total. The van der Waals surface area contributed by atoms with Crippen molar-refractivity contribution in [2.75, 3.05) is 20.2 Å². The molecule has 0 aromatic heterocycles. The van der Waals surface area contributed by atoms with Crippen molar-refractivity contribution in [3.63, 3.8) is 0 Å². The predicted molar refractivity (Wildman–Crippen MR) is 111 cm³/mol. The number of rotatable bonds is 9. The number of hydrogen-bond acceptors (Lipinski definition) is 4. The van der Waals surface area contributed by atoms with Crippen LogP contribution in [0.4, 0.5) is 0 Å². The smallest absolute Gasteiger partial charge is 0.248 e. The van der Waals surface area contributed by atoms with Gasteiger partial charge in [0.1, 0.15) is 17.6 Å². The largest absolute Gasteiger partial charge is 0.497 e. The molecule has 1 atom stereocenters. The van der Waals surface area contributed by atoms with E-state index in [0.717, 1.165) is 23.6 Å². The van der Waals surface area contributed by atoms with E-state index in [1.165, 1.54) is 0 Å². The van der Waals surface area contributed by atoms with E-state index in [-0.39, 0.29) is 6.10 Å². The molecule has 28 heavy (non-hydrogen) atoms. The lowest BCUT2D eigenvalue weighted by Gasteiger charge is -2.18. The molecule has 0 bridgehead atoms. The Bertz CT molecular complexity index is 808. The molecule has 2 aromatic rings. The minimum atomic E-state index is -0.445. The van der Waals surface area contributed by atoms with Crippen molar-refractivity contribution in [3.8, 4) is 11.5 Å². The predicted octanol–water partition coefficient (Wildman–Crippen LogP) is 2.32. The number of primary amides is 1. The first-order valence-electron chi connectivity index (χ1n) is 9.23. The van der Waals surface area contributed by atoms with E-state index in [4.69, 9.17) is 15.2 Å². The van der Waals surface area contributed by atoms with Crippen LogP contribution >= 0.6 is 0 Å². The van der Waals surface area contributed by atoms with Crippen LogP contribution < -0.4 is 25.8 Å². The van der Waals surface area contributed by atoms with E-state index in [1.807, 2.05) is 44.2 Å². The average molecular weight is 384 g/mol. The van der Waals surface area contributed by atoms with Gasteiger partial charge in [0.05, 0.1) is 20.2 Å². The van der Waals surface area contributed by atoms with Crippen LogP contribution in [0.3, 0.4) is 0 Å². The van der Waals surface area contributed by atoms with Gasteiger partial charge in [0.25, 0.3) is 0 Å². The van der Waals surface area contributed by atoms with Gasteiger partial charge in [-0.1, -0.05) is 18.2 Å². The summed E-state index contributed by atoms with van der Waals surface area (Å²) in [7, 11) is 1.63. The van der Waals surface area contributed by atoms with Crippen LogP contribution in [0.25, 0.3) is 0 Å². The van der Waals surface area contributed by atoms with Crippen molar-refractivity contribution in [1.82, 2.24) is 10.6 Å². The van der Waals surface area contributed by atoms with E-state index in [2.05, 4.69) is 15.6 Å². The molecule has 7 heteroatoms. The third kappa shape index (κ3) is 6.83. The number of nitrogens with two attached hydrogens (primary N) is 1. The van der Waals surface area contributed by atoms with Crippen LogP contribution in [0, 0.1) is 0 Å². The number of hydrogen-bond donors (Lipinski definition) is 3. The third-order valence-corrected chi connectivity index (χ3v) is 3.91. The van der Waals surface area contributed by atoms with Gasteiger partial charge in [0.2, 0.25) is 5.91 Å². The van der Waals surface area contributed by atoms with Gasteiger partial charge in [-0.3, -0.25) is 4.79 Å². The lowest BCUT2D eigenvalue weighted by Crippen LogP contribution is -2.41. The molecule has 1 unspecified atom stereocenters. The average Bonchev–Trinajstić information content (AvgIpc) is 2.70.